The van der Waals surface area contributed by atoms with Crippen molar-refractivity contribution in [2.75, 3.05) is 18.5 Å². The van der Waals surface area contributed by atoms with Crippen LogP contribution in [-0.2, 0) is 27.3 Å². The molecule has 0 aliphatic carbocycles. The number of nitrogens with one attached hydrogen (secondary N) is 3. The molecule has 0 radical (unpaired) electrons. The van der Waals surface area contributed by atoms with Crippen LogP contribution in [0, 0.1) is 0 Å². The highest BCUT2D eigenvalue weighted by atomic mass is 16.6. The van der Waals surface area contributed by atoms with Crippen LogP contribution in [0.25, 0.3) is 0 Å². The highest BCUT2D eigenvalue weighted by molar-refractivity contribution is 5.92. The van der Waals surface area contributed by atoms with E-state index in [-0.39, 0.29) is 31.5 Å². The molecule has 0 aliphatic heterocycles. The number of benzene rings is 2. The van der Waals surface area contributed by atoms with Gasteiger partial charge in [0.05, 0.1) is 0 Å². The van der Waals surface area contributed by atoms with Crippen molar-refractivity contribution in [1.82, 2.24) is 10.6 Å². The molecule has 8 heteroatoms. The minimum absolute atomic E-state index is 0.103. The topological polar surface area (TPSA) is 106 Å². The van der Waals surface area contributed by atoms with Gasteiger partial charge in [-0.1, -0.05) is 37.3 Å². The third-order valence-corrected chi connectivity index (χ3v) is 4.20. The summed E-state index contributed by atoms with van der Waals surface area (Å²) in [6.45, 7) is 7.22. The molecule has 2 aromatic carbocycles. The Hall–Kier alpha value is -3.55. The molecule has 2 rings (SSSR count). The molecule has 0 saturated heterocycles. The summed E-state index contributed by atoms with van der Waals surface area (Å²) in [6.07, 6.45) is 0.167. The summed E-state index contributed by atoms with van der Waals surface area (Å²) in [5, 5.41) is 7.90. The van der Waals surface area contributed by atoms with Gasteiger partial charge in [0, 0.05) is 12.2 Å². The van der Waals surface area contributed by atoms with Crippen molar-refractivity contribution in [3.8, 4) is 5.75 Å². The highest BCUT2D eigenvalue weighted by Gasteiger charge is 2.16. The molecule has 2 aromatic rings. The molecule has 0 fully saturated rings. The van der Waals surface area contributed by atoms with Crippen molar-refractivity contribution in [1.29, 1.82) is 0 Å². The first-order valence-corrected chi connectivity index (χ1v) is 10.5. The molecule has 0 aromatic heterocycles. The van der Waals surface area contributed by atoms with E-state index in [1.54, 1.807) is 39.0 Å². The maximum absolute atomic E-state index is 12.3. The third kappa shape index (κ3) is 9.07. The van der Waals surface area contributed by atoms with E-state index in [1.165, 1.54) is 0 Å². The van der Waals surface area contributed by atoms with E-state index in [9.17, 15) is 14.4 Å². The fourth-order valence-corrected chi connectivity index (χ4v) is 2.77. The lowest BCUT2D eigenvalue weighted by Gasteiger charge is -2.19. The van der Waals surface area contributed by atoms with Crippen LogP contribution in [0.3, 0.4) is 0 Å². The average molecular weight is 442 g/mol. The van der Waals surface area contributed by atoms with Gasteiger partial charge in [0.2, 0.25) is 5.91 Å². The van der Waals surface area contributed by atoms with Crippen LogP contribution in [0.15, 0.2) is 48.5 Å². The molecule has 8 nitrogen and oxygen atoms in total. The van der Waals surface area contributed by atoms with Gasteiger partial charge in [0.15, 0.2) is 6.61 Å². The second kappa shape index (κ2) is 11.7. The van der Waals surface area contributed by atoms with E-state index < -0.39 is 11.7 Å². The van der Waals surface area contributed by atoms with Crippen LogP contribution < -0.4 is 20.7 Å². The Morgan fingerprint density at radius 3 is 2.41 bits per heavy atom. The minimum Gasteiger partial charge on any atom is -0.483 e. The summed E-state index contributed by atoms with van der Waals surface area (Å²) in [6, 6.07) is 14.7. The van der Waals surface area contributed by atoms with Crippen molar-refractivity contribution in [3.05, 3.63) is 59.7 Å². The first-order valence-electron chi connectivity index (χ1n) is 10.5. The van der Waals surface area contributed by atoms with Crippen LogP contribution in [0.5, 0.6) is 5.75 Å². The summed E-state index contributed by atoms with van der Waals surface area (Å²) in [5.41, 5.74) is 1.81. The molecule has 0 heterocycles. The first kappa shape index (κ1) is 24.7. The number of amides is 3. The molecule has 3 amide bonds. The molecule has 3 N–H and O–H groups in total. The van der Waals surface area contributed by atoms with Gasteiger partial charge < -0.3 is 25.4 Å². The zero-order valence-corrected chi connectivity index (χ0v) is 19.0. The van der Waals surface area contributed by atoms with Gasteiger partial charge in [0.1, 0.15) is 17.9 Å². The molecule has 0 saturated carbocycles. The molecule has 0 spiro atoms. The Bertz CT molecular complexity index is 937. The predicted molar refractivity (Wildman–Crippen MR) is 122 cm³/mol. The van der Waals surface area contributed by atoms with Crippen molar-refractivity contribution >= 4 is 23.6 Å². The maximum atomic E-state index is 12.3. The van der Waals surface area contributed by atoms with E-state index in [0.29, 0.717) is 11.4 Å². The largest absolute Gasteiger partial charge is 0.483 e. The van der Waals surface area contributed by atoms with E-state index in [0.717, 1.165) is 17.5 Å². The average Bonchev–Trinajstić information content (AvgIpc) is 2.74. The fraction of sp³-hybridized carbons (Fsp3) is 0.375. The summed E-state index contributed by atoms with van der Waals surface area (Å²) in [5.74, 6) is 0.0635. The Balaban J connectivity index is 1.78. The molecule has 172 valence electrons. The molecule has 32 heavy (non-hydrogen) atoms. The van der Waals surface area contributed by atoms with Gasteiger partial charge in [-0.3, -0.25) is 9.59 Å². The summed E-state index contributed by atoms with van der Waals surface area (Å²) in [4.78, 5) is 35.8. The van der Waals surface area contributed by atoms with Crippen LogP contribution in [0.2, 0.25) is 0 Å². The van der Waals surface area contributed by atoms with Gasteiger partial charge >= 0.3 is 6.09 Å². The summed E-state index contributed by atoms with van der Waals surface area (Å²) >= 11 is 0. The number of carbonyl (C=O) groups excluding carboxylic acids is 3. The third-order valence-electron chi connectivity index (χ3n) is 4.20. The Morgan fingerprint density at radius 1 is 0.938 bits per heavy atom. The Morgan fingerprint density at radius 2 is 1.69 bits per heavy atom. The number of rotatable bonds is 9. The van der Waals surface area contributed by atoms with E-state index in [2.05, 4.69) is 16.0 Å². The molecule has 0 aliphatic rings. The number of aryl methyl sites for hydroxylation is 1. The van der Waals surface area contributed by atoms with Crippen LogP contribution in [0.4, 0.5) is 10.5 Å². The van der Waals surface area contributed by atoms with Gasteiger partial charge in [-0.2, -0.15) is 0 Å². The molecule has 0 unspecified atom stereocenters. The predicted octanol–water partition coefficient (Wildman–Crippen LogP) is 3.41. The minimum atomic E-state index is -0.652. The van der Waals surface area contributed by atoms with E-state index >= 15 is 0 Å². The summed E-state index contributed by atoms with van der Waals surface area (Å²) in [7, 11) is 0. The van der Waals surface area contributed by atoms with E-state index in [1.807, 2.05) is 37.3 Å². The number of para-hydroxylation sites is 1. The van der Waals surface area contributed by atoms with Gasteiger partial charge in [0.25, 0.3) is 5.91 Å². The highest BCUT2D eigenvalue weighted by Crippen LogP contribution is 2.18. The Kier molecular flexibility index (Phi) is 9.07. The van der Waals surface area contributed by atoms with E-state index in [4.69, 9.17) is 9.47 Å². The number of anilines is 1. The zero-order valence-electron chi connectivity index (χ0n) is 19.0. The standard InChI is InChI=1S/C24H31N3O5/c1-5-18-10-6-7-12-20(18)31-16-22(29)27-19-11-8-9-17(13-19)14-25-21(28)15-26-23(30)32-24(2,3)4/h6-13H,5,14-16H2,1-4H3,(H,25,28)(H,26,30)(H,27,29). The van der Waals surface area contributed by atoms with Crippen LogP contribution in [0.1, 0.15) is 38.8 Å². The number of ether oxygens (including phenoxy) is 2. The zero-order chi connectivity index (χ0) is 23.6. The monoisotopic (exact) mass is 441 g/mol. The van der Waals surface area contributed by atoms with Crippen LogP contribution in [-0.4, -0.2) is 36.7 Å². The van der Waals surface area contributed by atoms with Crippen molar-refractivity contribution in [2.45, 2.75) is 46.3 Å². The van der Waals surface area contributed by atoms with Gasteiger partial charge in [-0.05, 0) is 56.5 Å². The van der Waals surface area contributed by atoms with Crippen molar-refractivity contribution in [2.24, 2.45) is 0 Å². The fourth-order valence-electron chi connectivity index (χ4n) is 2.77. The summed E-state index contributed by atoms with van der Waals surface area (Å²) < 4.78 is 10.7. The smallest absolute Gasteiger partial charge is 0.408 e. The molecule has 0 atom stereocenters. The second-order valence-electron chi connectivity index (χ2n) is 8.13. The number of carbonyl (C=O) groups is 3. The lowest BCUT2D eigenvalue weighted by atomic mass is 10.1. The van der Waals surface area contributed by atoms with Gasteiger partial charge in [-0.15, -0.1) is 0 Å². The number of alkyl carbamates (subject to hydrolysis) is 1. The molecular formula is C24H31N3O5. The molecular weight excluding hydrogens is 410 g/mol. The SMILES string of the molecule is CCc1ccccc1OCC(=O)Nc1cccc(CNC(=O)CNC(=O)OC(C)(C)C)c1. The second-order valence-corrected chi connectivity index (χ2v) is 8.13. The van der Waals surface area contributed by atoms with Crippen molar-refractivity contribution in [3.63, 3.8) is 0 Å². The number of hydrogen-bond donors (Lipinski definition) is 3. The first-order chi connectivity index (χ1) is 15.2. The molecule has 0 bridgehead atoms. The van der Waals surface area contributed by atoms with Crippen molar-refractivity contribution < 1.29 is 23.9 Å². The maximum Gasteiger partial charge on any atom is 0.408 e. The Labute approximate surface area is 188 Å². The lowest BCUT2D eigenvalue weighted by molar-refractivity contribution is -0.120. The van der Waals surface area contributed by atoms with Crippen LogP contribution >= 0.6 is 0 Å². The lowest BCUT2D eigenvalue weighted by Crippen LogP contribution is -2.39. The normalized spacial score (nSPS) is 10.8. The quantitative estimate of drug-likeness (QED) is 0.553. The number of hydrogen-bond acceptors (Lipinski definition) is 5. The van der Waals surface area contributed by atoms with Gasteiger partial charge in [-0.25, -0.2) is 4.79 Å².